The Kier molecular flexibility index (Phi) is 60.3. The number of rotatable bonds is 69. The van der Waals surface area contributed by atoms with Crippen LogP contribution in [-0.2, 0) is 65.4 Å². The van der Waals surface area contributed by atoms with Gasteiger partial charge in [0.05, 0.1) is 26.4 Å². The topological polar surface area (TPSA) is 237 Å². The molecule has 0 amide bonds. The molecule has 0 radical (unpaired) electrons. The summed E-state index contributed by atoms with van der Waals surface area (Å²) in [5.41, 5.74) is 0. The predicted octanol–water partition coefficient (Wildman–Crippen LogP) is 20.5. The van der Waals surface area contributed by atoms with Crippen LogP contribution < -0.4 is 0 Å². The minimum Gasteiger partial charge on any atom is -0.462 e. The molecule has 0 rings (SSSR count). The number of hydrogen-bond acceptors (Lipinski definition) is 15. The fourth-order valence-corrected chi connectivity index (χ4v) is 12.4. The van der Waals surface area contributed by atoms with Gasteiger partial charge in [0.2, 0.25) is 0 Å². The second-order valence-corrected chi connectivity index (χ2v) is 30.6. The molecule has 3 N–H and O–H groups in total. The van der Waals surface area contributed by atoms with Crippen molar-refractivity contribution >= 4 is 39.5 Å². The maximum absolute atomic E-state index is 13.0. The van der Waals surface area contributed by atoms with Crippen molar-refractivity contribution in [2.24, 2.45) is 23.7 Å². The molecule has 0 aliphatic carbocycles. The summed E-state index contributed by atoms with van der Waals surface area (Å²) in [5, 5.41) is 10.6. The molecule has 17 nitrogen and oxygen atoms in total. The maximum Gasteiger partial charge on any atom is 0.472 e. The number of aliphatic hydroxyl groups is 1. The van der Waals surface area contributed by atoms with Gasteiger partial charge in [0.1, 0.15) is 19.3 Å². The van der Waals surface area contributed by atoms with Crippen LogP contribution in [0.15, 0.2) is 0 Å². The van der Waals surface area contributed by atoms with E-state index >= 15 is 0 Å². The second kappa shape index (κ2) is 61.6. The molecule has 0 bridgehead atoms. The molecule has 0 heterocycles. The summed E-state index contributed by atoms with van der Waals surface area (Å²) >= 11 is 0. The zero-order valence-electron chi connectivity index (χ0n) is 59.5. The number of hydrogen-bond donors (Lipinski definition) is 3. The van der Waals surface area contributed by atoms with Gasteiger partial charge >= 0.3 is 39.5 Å². The highest BCUT2D eigenvalue weighted by atomic mass is 31.2. The minimum atomic E-state index is -4.95. The van der Waals surface area contributed by atoms with Crippen LogP contribution in [0, 0.1) is 23.7 Å². The third-order valence-corrected chi connectivity index (χ3v) is 18.8. The minimum absolute atomic E-state index is 0.104. The molecule has 0 spiro atoms. The summed E-state index contributed by atoms with van der Waals surface area (Å²) in [6.45, 7) is 14.1. The number of ether oxygens (including phenoxy) is 4. The van der Waals surface area contributed by atoms with E-state index in [1.54, 1.807) is 0 Å². The van der Waals surface area contributed by atoms with E-state index in [0.717, 1.165) is 120 Å². The first-order valence-electron chi connectivity index (χ1n) is 37.2. The fraction of sp³-hybridized carbons (Fsp3) is 0.944. The van der Waals surface area contributed by atoms with Gasteiger partial charge in [-0.2, -0.15) is 0 Å². The Bertz CT molecular complexity index is 1800. The molecule has 91 heavy (non-hydrogen) atoms. The van der Waals surface area contributed by atoms with Crippen LogP contribution in [0.4, 0.5) is 0 Å². The number of carbonyl (C=O) groups excluding carboxylic acids is 4. The van der Waals surface area contributed by atoms with Crippen molar-refractivity contribution in [3.8, 4) is 0 Å². The van der Waals surface area contributed by atoms with Gasteiger partial charge in [-0.3, -0.25) is 37.3 Å². The highest BCUT2D eigenvalue weighted by Gasteiger charge is 2.30. The van der Waals surface area contributed by atoms with Crippen molar-refractivity contribution in [3.63, 3.8) is 0 Å². The van der Waals surface area contributed by atoms with E-state index in [2.05, 4.69) is 55.4 Å². The average Bonchev–Trinajstić information content (AvgIpc) is 3.71. The number of unbranched alkanes of at least 4 members (excludes halogenated alkanes) is 34. The Morgan fingerprint density at radius 1 is 0.308 bits per heavy atom. The van der Waals surface area contributed by atoms with Gasteiger partial charge in [0, 0.05) is 25.7 Å². The first kappa shape index (κ1) is 89.1. The summed E-state index contributed by atoms with van der Waals surface area (Å²) in [5.74, 6) is 0.862. The quantitative estimate of drug-likeness (QED) is 0.0222. The van der Waals surface area contributed by atoms with Crippen LogP contribution in [0.3, 0.4) is 0 Å². The van der Waals surface area contributed by atoms with Crippen molar-refractivity contribution in [2.75, 3.05) is 39.6 Å². The third kappa shape index (κ3) is 65.1. The molecule has 0 aromatic rings. The highest BCUT2D eigenvalue weighted by Crippen LogP contribution is 2.45. The standard InChI is InChI=1S/C72H140O17P2/c1-9-65(8)51-43-35-30-31-37-45-53-70(75)83-59-68(89-72(77)55-47-39-28-22-18-17-20-25-33-41-49-63(4)5)61-87-91(80,81)85-57-66(73)56-84-90(78,79)86-60-67(58-82-69(74)52-44-36-29-23-26-34-42-50-64(6)7)88-71(76)54-46-38-27-21-16-14-12-10-11-13-15-19-24-32-40-48-62(2)3/h62-68,73H,9-61H2,1-8H3,(H,78,79)(H,80,81)/t65?,66?,67-,68-/m1/s1. The molecule has 19 heteroatoms. The lowest BCUT2D eigenvalue weighted by Crippen LogP contribution is -2.30. The van der Waals surface area contributed by atoms with Gasteiger partial charge in [0.25, 0.3) is 0 Å². The predicted molar refractivity (Wildman–Crippen MR) is 367 cm³/mol. The van der Waals surface area contributed by atoms with Crippen LogP contribution in [0.2, 0.25) is 0 Å². The van der Waals surface area contributed by atoms with E-state index in [1.807, 2.05) is 0 Å². The zero-order valence-corrected chi connectivity index (χ0v) is 61.3. The number of phosphoric acid groups is 2. The lowest BCUT2D eigenvalue weighted by molar-refractivity contribution is -0.161. The normalized spacial score (nSPS) is 14.5. The summed E-state index contributed by atoms with van der Waals surface area (Å²) in [6.07, 6.45) is 44.6. The summed E-state index contributed by atoms with van der Waals surface area (Å²) in [6, 6.07) is 0. The molecule has 4 unspecified atom stereocenters. The maximum atomic E-state index is 13.0. The Hall–Kier alpha value is -1.94. The first-order chi connectivity index (χ1) is 43.6. The molecule has 6 atom stereocenters. The monoisotopic (exact) mass is 1340 g/mol. The van der Waals surface area contributed by atoms with Gasteiger partial charge in [-0.15, -0.1) is 0 Å². The Labute approximate surface area is 556 Å². The largest absolute Gasteiger partial charge is 0.472 e. The summed E-state index contributed by atoms with van der Waals surface area (Å²) in [4.78, 5) is 72.6. The molecule has 0 aliphatic rings. The molecule has 0 aromatic carbocycles. The van der Waals surface area contributed by atoms with E-state index in [0.29, 0.717) is 31.6 Å². The van der Waals surface area contributed by atoms with Crippen LogP contribution in [-0.4, -0.2) is 96.7 Å². The van der Waals surface area contributed by atoms with Crippen molar-refractivity contribution in [3.05, 3.63) is 0 Å². The van der Waals surface area contributed by atoms with Crippen LogP contribution in [0.25, 0.3) is 0 Å². The Morgan fingerprint density at radius 3 is 0.780 bits per heavy atom. The van der Waals surface area contributed by atoms with Crippen LogP contribution >= 0.6 is 15.6 Å². The molecule has 0 saturated carbocycles. The van der Waals surface area contributed by atoms with E-state index in [1.165, 1.54) is 148 Å². The second-order valence-electron chi connectivity index (χ2n) is 27.6. The molecular formula is C72H140O17P2. The zero-order chi connectivity index (χ0) is 67.5. The number of esters is 4. The van der Waals surface area contributed by atoms with E-state index in [4.69, 9.17) is 37.0 Å². The van der Waals surface area contributed by atoms with E-state index < -0.39 is 97.5 Å². The lowest BCUT2D eigenvalue weighted by Gasteiger charge is -2.21. The first-order valence-corrected chi connectivity index (χ1v) is 40.2. The van der Waals surface area contributed by atoms with E-state index in [9.17, 15) is 43.2 Å². The van der Waals surface area contributed by atoms with Crippen molar-refractivity contribution in [1.29, 1.82) is 0 Å². The highest BCUT2D eigenvalue weighted by molar-refractivity contribution is 7.47. The molecule has 0 aliphatic heterocycles. The summed E-state index contributed by atoms with van der Waals surface area (Å²) in [7, 11) is -9.91. The Morgan fingerprint density at radius 2 is 0.527 bits per heavy atom. The number of phosphoric ester groups is 2. The molecule has 540 valence electrons. The summed E-state index contributed by atoms with van der Waals surface area (Å²) < 4.78 is 68.3. The number of aliphatic hydroxyl groups excluding tert-OH is 1. The molecular weight excluding hydrogens is 1200 g/mol. The van der Waals surface area contributed by atoms with Gasteiger partial charge in [-0.05, 0) is 49.4 Å². The third-order valence-electron chi connectivity index (χ3n) is 16.9. The van der Waals surface area contributed by atoms with Crippen LogP contribution in [0.1, 0.15) is 357 Å². The number of carbonyl (C=O) groups is 4. The van der Waals surface area contributed by atoms with Gasteiger partial charge in [0.15, 0.2) is 12.2 Å². The van der Waals surface area contributed by atoms with Crippen molar-refractivity contribution < 1.29 is 80.2 Å². The van der Waals surface area contributed by atoms with E-state index in [-0.39, 0.29) is 25.7 Å². The fourth-order valence-electron chi connectivity index (χ4n) is 10.8. The smallest absolute Gasteiger partial charge is 0.462 e. The average molecular weight is 1340 g/mol. The van der Waals surface area contributed by atoms with Crippen molar-refractivity contribution in [1.82, 2.24) is 0 Å². The van der Waals surface area contributed by atoms with Gasteiger partial charge in [-0.25, -0.2) is 9.13 Å². The molecule has 0 fully saturated rings. The van der Waals surface area contributed by atoms with Crippen LogP contribution in [0.5, 0.6) is 0 Å². The van der Waals surface area contributed by atoms with Gasteiger partial charge in [-0.1, -0.05) is 306 Å². The molecule has 0 aromatic heterocycles. The van der Waals surface area contributed by atoms with Gasteiger partial charge < -0.3 is 33.8 Å². The molecule has 0 saturated heterocycles. The SMILES string of the molecule is CCC(C)CCCCCCCCC(=O)OC[C@H](COP(=O)(O)OCC(O)COP(=O)(O)OC[C@@H](COC(=O)CCCCCCCCCC(C)C)OC(=O)CCCCCCCCCCCCCCCCCC(C)C)OC(=O)CCCCCCCCCCCCC(C)C. The van der Waals surface area contributed by atoms with Crippen molar-refractivity contribution in [2.45, 2.75) is 375 Å². The Balaban J connectivity index is 5.22. The lowest BCUT2D eigenvalue weighted by atomic mass is 10.00.